The lowest BCUT2D eigenvalue weighted by molar-refractivity contribution is -0.426. The summed E-state index contributed by atoms with van der Waals surface area (Å²) in [6, 6.07) is 0. The molecule has 110 valence electrons. The van der Waals surface area contributed by atoms with Crippen LogP contribution in [-0.2, 0) is 0 Å². The van der Waals surface area contributed by atoms with Crippen LogP contribution in [0.2, 0.25) is 0 Å². The van der Waals surface area contributed by atoms with Crippen LogP contribution in [0.3, 0.4) is 0 Å². The smallest absolute Gasteiger partial charge is 0.216 e. The van der Waals surface area contributed by atoms with Gasteiger partial charge in [0.25, 0.3) is 0 Å². The van der Waals surface area contributed by atoms with Crippen molar-refractivity contribution in [3.05, 3.63) is 0 Å². The van der Waals surface area contributed by atoms with Crippen LogP contribution in [0, 0.1) is 0 Å². The van der Waals surface area contributed by atoms with Crippen LogP contribution >= 0.6 is 0 Å². The predicted octanol–water partition coefficient (Wildman–Crippen LogP) is 4.50. The van der Waals surface area contributed by atoms with Gasteiger partial charge in [-0.2, -0.15) is 43.9 Å². The number of alkyl halides is 11. The van der Waals surface area contributed by atoms with Crippen molar-refractivity contribution in [1.29, 1.82) is 0 Å². The predicted molar refractivity (Wildman–Crippen MR) is 36.1 cm³/mol. The van der Waals surface area contributed by atoms with E-state index in [4.69, 9.17) is 0 Å². The van der Waals surface area contributed by atoms with Crippen LogP contribution in [-0.4, -0.2) is 29.9 Å². The number of hydrogen-bond donors (Lipinski definition) is 0. The third kappa shape index (κ3) is 2.11. The van der Waals surface area contributed by atoms with E-state index in [9.17, 15) is 48.3 Å². The van der Waals surface area contributed by atoms with Gasteiger partial charge in [0.2, 0.25) is 0 Å². The quantitative estimate of drug-likeness (QED) is 0.673. The van der Waals surface area contributed by atoms with Crippen molar-refractivity contribution < 1.29 is 48.3 Å². The molecule has 0 aliphatic heterocycles. The molecule has 0 fully saturated rings. The lowest BCUT2D eigenvalue weighted by Crippen LogP contribution is -2.69. The first kappa shape index (κ1) is 17.2. The minimum atomic E-state index is -7.33. The Bertz CT molecular complexity index is 281. The average molecular weight is 298 g/mol. The van der Waals surface area contributed by atoms with Crippen LogP contribution in [0.25, 0.3) is 0 Å². The van der Waals surface area contributed by atoms with Gasteiger partial charge in [0.1, 0.15) is 0 Å². The molecule has 0 rings (SSSR count). The van der Waals surface area contributed by atoms with Crippen LogP contribution in [0.4, 0.5) is 48.3 Å². The van der Waals surface area contributed by atoms with Gasteiger partial charge in [0, 0.05) is 6.42 Å². The van der Waals surface area contributed by atoms with E-state index >= 15 is 0 Å². The molecule has 0 N–H and O–H groups in total. The molecule has 0 unspecified atom stereocenters. The third-order valence-corrected chi connectivity index (χ3v) is 2.12. The highest BCUT2D eigenvalue weighted by Gasteiger charge is 2.89. The van der Waals surface area contributed by atoms with Crippen LogP contribution in [0.5, 0.6) is 0 Å². The van der Waals surface area contributed by atoms with Crippen molar-refractivity contribution in [2.45, 2.75) is 43.2 Å². The third-order valence-electron chi connectivity index (χ3n) is 2.12. The fourth-order valence-electron chi connectivity index (χ4n) is 0.991. The first-order chi connectivity index (χ1) is 7.56. The number of rotatable bonds is 3. The normalized spacial score (nSPS) is 16.0. The summed E-state index contributed by atoms with van der Waals surface area (Å²) in [5.41, 5.74) is -7.33. The van der Waals surface area contributed by atoms with E-state index in [1.807, 2.05) is 0 Å². The van der Waals surface area contributed by atoms with Crippen LogP contribution in [0.1, 0.15) is 13.3 Å². The maximum absolute atomic E-state index is 12.8. The Balaban J connectivity index is 6.10. The van der Waals surface area contributed by atoms with Crippen molar-refractivity contribution >= 4 is 0 Å². The Hall–Kier alpha value is -0.770. The minimum absolute atomic E-state index is 0.196. The molecule has 0 bridgehead atoms. The van der Waals surface area contributed by atoms with Gasteiger partial charge < -0.3 is 0 Å². The highest BCUT2D eigenvalue weighted by atomic mass is 19.4. The van der Waals surface area contributed by atoms with Gasteiger partial charge in [-0.05, 0) is 0 Å². The van der Waals surface area contributed by atoms with Crippen molar-refractivity contribution in [1.82, 2.24) is 0 Å². The average Bonchev–Trinajstić information content (AvgIpc) is 2.12. The lowest BCUT2D eigenvalue weighted by atomic mass is 9.89. The van der Waals surface area contributed by atoms with Gasteiger partial charge in [-0.1, -0.05) is 6.92 Å². The molecule has 0 nitrogen and oxygen atoms in total. The fourth-order valence-corrected chi connectivity index (χ4v) is 0.991. The van der Waals surface area contributed by atoms with E-state index in [0.29, 0.717) is 0 Å². The molecular weight excluding hydrogens is 293 g/mol. The summed E-state index contributed by atoms with van der Waals surface area (Å²) in [5.74, 6) is -12.8. The molecule has 18 heavy (non-hydrogen) atoms. The zero-order valence-electron chi connectivity index (χ0n) is 8.36. The Morgan fingerprint density at radius 1 is 0.611 bits per heavy atom. The summed E-state index contributed by atoms with van der Waals surface area (Å²) in [6.45, 7) is 0.196. The van der Waals surface area contributed by atoms with Gasteiger partial charge in [-0.25, -0.2) is 4.39 Å². The van der Waals surface area contributed by atoms with E-state index in [1.165, 1.54) is 0 Å². The SMILES string of the molecule is CCC(F)(F)C(F)(F)C(F)(C(F)(F)F)C(F)(F)F. The zero-order chi connectivity index (χ0) is 15.2. The Kier molecular flexibility index (Phi) is 3.94. The standard InChI is InChI=1S/C7H5F11/c1-2-3(8,9)5(11,12)4(10,6(13,14)15)7(16,17)18/h2H2,1H3. The molecule has 0 spiro atoms. The second-order valence-electron chi connectivity index (χ2n) is 3.29. The molecule has 0 aromatic rings. The molecule has 0 saturated heterocycles. The first-order valence-corrected chi connectivity index (χ1v) is 4.14. The lowest BCUT2D eigenvalue weighted by Gasteiger charge is -2.39. The first-order valence-electron chi connectivity index (χ1n) is 4.14. The monoisotopic (exact) mass is 298 g/mol. The summed E-state index contributed by atoms with van der Waals surface area (Å²) in [4.78, 5) is 0. The van der Waals surface area contributed by atoms with Crippen molar-refractivity contribution in [2.24, 2.45) is 0 Å². The van der Waals surface area contributed by atoms with Crippen molar-refractivity contribution in [3.63, 3.8) is 0 Å². The molecule has 0 aliphatic carbocycles. The summed E-state index contributed by atoms with van der Waals surface area (Å²) >= 11 is 0. The van der Waals surface area contributed by atoms with E-state index in [1.54, 1.807) is 0 Å². The second kappa shape index (κ2) is 4.12. The van der Waals surface area contributed by atoms with Gasteiger partial charge in [-0.3, -0.25) is 0 Å². The Morgan fingerprint density at radius 2 is 0.889 bits per heavy atom. The van der Waals surface area contributed by atoms with Crippen LogP contribution < -0.4 is 0 Å². The zero-order valence-corrected chi connectivity index (χ0v) is 8.36. The summed E-state index contributed by atoms with van der Waals surface area (Å²) < 4.78 is 134. The number of hydrogen-bond acceptors (Lipinski definition) is 0. The van der Waals surface area contributed by atoms with Gasteiger partial charge in [0.15, 0.2) is 0 Å². The van der Waals surface area contributed by atoms with Crippen molar-refractivity contribution in [3.8, 4) is 0 Å². The summed E-state index contributed by atoms with van der Waals surface area (Å²) in [5, 5.41) is 0. The molecule has 11 heteroatoms. The van der Waals surface area contributed by atoms with E-state index in [0.717, 1.165) is 0 Å². The van der Waals surface area contributed by atoms with Gasteiger partial charge in [0.05, 0.1) is 0 Å². The molecule has 0 amide bonds. The molecule has 0 atom stereocenters. The molecule has 0 radical (unpaired) electrons. The maximum Gasteiger partial charge on any atom is 0.438 e. The Morgan fingerprint density at radius 3 is 1.06 bits per heavy atom. The molecule has 0 aromatic heterocycles. The second-order valence-corrected chi connectivity index (χ2v) is 3.29. The summed E-state index contributed by atoms with van der Waals surface area (Å²) in [6.07, 6.45) is -16.6. The van der Waals surface area contributed by atoms with Gasteiger partial charge in [-0.15, -0.1) is 0 Å². The largest absolute Gasteiger partial charge is 0.438 e. The highest BCUT2D eigenvalue weighted by molar-refractivity contribution is 5.10. The van der Waals surface area contributed by atoms with Crippen molar-refractivity contribution in [2.75, 3.05) is 0 Å². The molecule has 0 heterocycles. The fraction of sp³-hybridized carbons (Fsp3) is 1.00. The minimum Gasteiger partial charge on any atom is -0.216 e. The molecule has 0 aromatic carbocycles. The molecular formula is C7H5F11. The van der Waals surface area contributed by atoms with Gasteiger partial charge >= 0.3 is 29.9 Å². The van der Waals surface area contributed by atoms with Crippen LogP contribution in [0.15, 0.2) is 0 Å². The topological polar surface area (TPSA) is 0 Å². The number of halogens is 11. The maximum atomic E-state index is 12.8. The summed E-state index contributed by atoms with van der Waals surface area (Å²) in [7, 11) is 0. The van der Waals surface area contributed by atoms with E-state index in [2.05, 4.69) is 0 Å². The Labute approximate surface area is 92.7 Å². The molecule has 0 aliphatic rings. The van der Waals surface area contributed by atoms with E-state index < -0.39 is 36.3 Å². The van der Waals surface area contributed by atoms with E-state index in [-0.39, 0.29) is 6.92 Å². The highest BCUT2D eigenvalue weighted by Crippen LogP contribution is 2.59. The molecule has 0 saturated carbocycles.